The maximum atomic E-state index is 4.33. The average molecular weight is 253 g/mol. The molecule has 0 radical (unpaired) electrons. The number of hydrogen-bond donors (Lipinski definition) is 1. The highest BCUT2D eigenvalue weighted by atomic mass is 32.2. The van der Waals surface area contributed by atoms with Gasteiger partial charge in [-0.25, -0.2) is 4.98 Å². The normalized spacial score (nSPS) is 22.6. The summed E-state index contributed by atoms with van der Waals surface area (Å²) in [5.41, 5.74) is 1.37. The van der Waals surface area contributed by atoms with Crippen LogP contribution in [0.25, 0.3) is 0 Å². The predicted octanol–water partition coefficient (Wildman–Crippen LogP) is 2.70. The van der Waals surface area contributed by atoms with Crippen molar-refractivity contribution in [1.82, 2.24) is 14.9 Å². The largest absolute Gasteiger partial charge is 0.333 e. The number of aromatic nitrogens is 2. The molecule has 0 spiro atoms. The van der Waals surface area contributed by atoms with Gasteiger partial charge in [-0.05, 0) is 37.3 Å². The third kappa shape index (κ3) is 3.49. The summed E-state index contributed by atoms with van der Waals surface area (Å²) in [5.74, 6) is 1.93. The van der Waals surface area contributed by atoms with Gasteiger partial charge in [0.25, 0.3) is 0 Å². The topological polar surface area (TPSA) is 29.9 Å². The molecule has 1 aromatic rings. The number of piperidine rings is 1. The van der Waals surface area contributed by atoms with E-state index >= 15 is 0 Å². The number of nitrogens with one attached hydrogen (secondary N) is 1. The van der Waals surface area contributed by atoms with Crippen molar-refractivity contribution in [3.8, 4) is 0 Å². The van der Waals surface area contributed by atoms with Crippen molar-refractivity contribution in [2.24, 2.45) is 5.92 Å². The number of rotatable bonds is 5. The zero-order valence-corrected chi connectivity index (χ0v) is 11.7. The van der Waals surface area contributed by atoms with Crippen molar-refractivity contribution in [3.05, 3.63) is 18.2 Å². The van der Waals surface area contributed by atoms with Crippen LogP contribution in [-0.2, 0) is 6.54 Å². The Kier molecular flexibility index (Phi) is 4.92. The van der Waals surface area contributed by atoms with Gasteiger partial charge in [0.2, 0.25) is 0 Å². The van der Waals surface area contributed by atoms with Gasteiger partial charge in [0.05, 0.1) is 12.0 Å². The molecule has 96 valence electrons. The molecule has 1 aliphatic rings. The first-order chi connectivity index (χ1) is 8.31. The molecule has 0 saturated carbocycles. The summed E-state index contributed by atoms with van der Waals surface area (Å²) in [6, 6.07) is 0.521. The van der Waals surface area contributed by atoms with Crippen LogP contribution in [0.15, 0.2) is 12.5 Å². The lowest BCUT2D eigenvalue weighted by atomic mass is 10.0. The van der Waals surface area contributed by atoms with E-state index in [1.807, 2.05) is 24.3 Å². The Labute approximate surface area is 108 Å². The maximum Gasteiger partial charge on any atom is 0.0948 e. The van der Waals surface area contributed by atoms with E-state index in [-0.39, 0.29) is 0 Å². The smallest absolute Gasteiger partial charge is 0.0948 e. The first-order valence-electron chi connectivity index (χ1n) is 6.53. The predicted molar refractivity (Wildman–Crippen MR) is 74.4 cm³/mol. The lowest BCUT2D eigenvalue weighted by molar-refractivity contribution is 0.385. The van der Waals surface area contributed by atoms with Gasteiger partial charge in [0.15, 0.2) is 0 Å². The molecule has 1 N–H and O–H groups in total. The Bertz CT molecular complexity index is 331. The van der Waals surface area contributed by atoms with Gasteiger partial charge >= 0.3 is 0 Å². The van der Waals surface area contributed by atoms with Gasteiger partial charge < -0.3 is 9.88 Å². The molecule has 4 heteroatoms. The molecule has 2 unspecified atom stereocenters. The molecule has 2 atom stereocenters. The third-order valence-electron chi connectivity index (χ3n) is 3.37. The van der Waals surface area contributed by atoms with Gasteiger partial charge in [-0.15, -0.1) is 0 Å². The summed E-state index contributed by atoms with van der Waals surface area (Å²) in [7, 11) is 0. The number of thioether (sulfide) groups is 1. The summed E-state index contributed by atoms with van der Waals surface area (Å²) >= 11 is 1.92. The molecule has 1 aliphatic heterocycles. The highest BCUT2D eigenvalue weighted by Gasteiger charge is 2.18. The van der Waals surface area contributed by atoms with E-state index in [1.165, 1.54) is 30.7 Å². The molecule has 0 amide bonds. The third-order valence-corrected chi connectivity index (χ3v) is 4.27. The van der Waals surface area contributed by atoms with E-state index in [0.29, 0.717) is 12.0 Å². The Balaban J connectivity index is 2.00. The van der Waals surface area contributed by atoms with Crippen LogP contribution in [0, 0.1) is 5.92 Å². The summed E-state index contributed by atoms with van der Waals surface area (Å²) in [6.07, 6.45) is 10.1. The number of nitrogens with zero attached hydrogens (tertiary/aromatic N) is 2. The van der Waals surface area contributed by atoms with Gasteiger partial charge in [-0.1, -0.05) is 13.3 Å². The lowest BCUT2D eigenvalue weighted by Crippen LogP contribution is -2.29. The molecule has 3 nitrogen and oxygen atoms in total. The zero-order valence-electron chi connectivity index (χ0n) is 10.9. The average Bonchev–Trinajstić information content (AvgIpc) is 2.78. The SMILES string of the molecule is CSCC(C)Cn1cncc1C1CCCCN1. The van der Waals surface area contributed by atoms with Crippen molar-refractivity contribution < 1.29 is 0 Å². The van der Waals surface area contributed by atoms with E-state index in [1.54, 1.807) is 0 Å². The molecule has 2 rings (SSSR count). The van der Waals surface area contributed by atoms with Crippen molar-refractivity contribution in [1.29, 1.82) is 0 Å². The highest BCUT2D eigenvalue weighted by Crippen LogP contribution is 2.23. The van der Waals surface area contributed by atoms with E-state index in [9.17, 15) is 0 Å². The maximum absolute atomic E-state index is 4.33. The van der Waals surface area contributed by atoms with Crippen molar-refractivity contribution in [2.75, 3.05) is 18.6 Å². The summed E-state index contributed by atoms with van der Waals surface area (Å²) in [6.45, 7) is 4.55. The first-order valence-corrected chi connectivity index (χ1v) is 7.93. The molecule has 1 fully saturated rings. The second-order valence-corrected chi connectivity index (χ2v) is 5.94. The molecule has 1 saturated heterocycles. The molecule has 17 heavy (non-hydrogen) atoms. The molecular formula is C13H23N3S. The van der Waals surface area contributed by atoms with E-state index in [0.717, 1.165) is 13.1 Å². The molecule has 0 aromatic carbocycles. The van der Waals surface area contributed by atoms with Gasteiger partial charge in [-0.3, -0.25) is 0 Å². The van der Waals surface area contributed by atoms with Crippen molar-refractivity contribution in [2.45, 2.75) is 38.8 Å². The summed E-state index contributed by atoms with van der Waals surface area (Å²) < 4.78 is 2.34. The van der Waals surface area contributed by atoms with Crippen LogP contribution in [-0.4, -0.2) is 28.1 Å². The molecule has 1 aromatic heterocycles. The quantitative estimate of drug-likeness (QED) is 0.875. The fraction of sp³-hybridized carbons (Fsp3) is 0.769. The minimum atomic E-state index is 0.521. The standard InChI is InChI=1S/C13H23N3S/c1-11(9-17-2)8-16-10-14-7-13(16)12-5-3-4-6-15-12/h7,10-12,15H,3-6,8-9H2,1-2H3. The minimum absolute atomic E-state index is 0.521. The second kappa shape index (κ2) is 6.45. The monoisotopic (exact) mass is 253 g/mol. The van der Waals surface area contributed by atoms with Crippen molar-refractivity contribution in [3.63, 3.8) is 0 Å². The van der Waals surface area contributed by atoms with Crippen LogP contribution in [0.2, 0.25) is 0 Å². The molecule has 0 bridgehead atoms. The van der Waals surface area contributed by atoms with Gasteiger partial charge in [0.1, 0.15) is 0 Å². The second-order valence-electron chi connectivity index (χ2n) is 5.03. The summed E-state index contributed by atoms with van der Waals surface area (Å²) in [4.78, 5) is 4.33. The first kappa shape index (κ1) is 13.0. The fourth-order valence-electron chi connectivity index (χ4n) is 2.55. The molecule has 2 heterocycles. The summed E-state index contributed by atoms with van der Waals surface area (Å²) in [5, 5.41) is 3.60. The Morgan fingerprint density at radius 1 is 1.59 bits per heavy atom. The molecular weight excluding hydrogens is 230 g/mol. The highest BCUT2D eigenvalue weighted by molar-refractivity contribution is 7.98. The Morgan fingerprint density at radius 3 is 3.18 bits per heavy atom. The van der Waals surface area contributed by atoms with E-state index in [2.05, 4.69) is 28.0 Å². The molecule has 0 aliphatic carbocycles. The van der Waals surface area contributed by atoms with Gasteiger partial charge in [0, 0.05) is 18.8 Å². The lowest BCUT2D eigenvalue weighted by Gasteiger charge is -2.25. The number of hydrogen-bond acceptors (Lipinski definition) is 3. The van der Waals surface area contributed by atoms with E-state index < -0.39 is 0 Å². The Morgan fingerprint density at radius 2 is 2.47 bits per heavy atom. The van der Waals surface area contributed by atoms with E-state index in [4.69, 9.17) is 0 Å². The van der Waals surface area contributed by atoms with Gasteiger partial charge in [-0.2, -0.15) is 11.8 Å². The number of imidazole rings is 1. The van der Waals surface area contributed by atoms with Crippen LogP contribution in [0.4, 0.5) is 0 Å². The van der Waals surface area contributed by atoms with Crippen LogP contribution in [0.3, 0.4) is 0 Å². The van der Waals surface area contributed by atoms with Crippen LogP contribution >= 0.6 is 11.8 Å². The minimum Gasteiger partial charge on any atom is -0.333 e. The van der Waals surface area contributed by atoms with Crippen LogP contribution in [0.1, 0.15) is 37.9 Å². The van der Waals surface area contributed by atoms with Crippen molar-refractivity contribution >= 4 is 11.8 Å². The van der Waals surface area contributed by atoms with Crippen LogP contribution < -0.4 is 5.32 Å². The fourth-order valence-corrected chi connectivity index (χ4v) is 3.23. The van der Waals surface area contributed by atoms with Crippen LogP contribution in [0.5, 0.6) is 0 Å². The zero-order chi connectivity index (χ0) is 12.1. The Hall–Kier alpha value is -0.480.